The van der Waals surface area contributed by atoms with Crippen molar-refractivity contribution < 1.29 is 23.8 Å². The zero-order valence-electron chi connectivity index (χ0n) is 18.5. The first-order valence-electron chi connectivity index (χ1n) is 9.88. The van der Waals surface area contributed by atoms with E-state index < -0.39 is 5.91 Å². The number of likely N-dealkylation sites (N-methyl/N-ethyl adjacent to an activating group) is 1. The Labute approximate surface area is 186 Å². The second-order valence-electron chi connectivity index (χ2n) is 6.98. The van der Waals surface area contributed by atoms with Crippen molar-refractivity contribution in [3.8, 4) is 22.9 Å². The second kappa shape index (κ2) is 10.3. The molecule has 1 aromatic heterocycles. The number of nitrogens with one attached hydrogen (secondary N) is 1. The van der Waals surface area contributed by atoms with E-state index in [1.54, 1.807) is 17.9 Å². The van der Waals surface area contributed by atoms with Crippen LogP contribution in [0.3, 0.4) is 0 Å². The fourth-order valence-corrected chi connectivity index (χ4v) is 3.13. The van der Waals surface area contributed by atoms with E-state index in [1.807, 2.05) is 36.5 Å². The van der Waals surface area contributed by atoms with Gasteiger partial charge in [0.05, 0.1) is 39.8 Å². The lowest BCUT2D eigenvalue weighted by molar-refractivity contribution is -0.129. The summed E-state index contributed by atoms with van der Waals surface area (Å²) in [5.74, 6) is 0.436. The second-order valence-corrected chi connectivity index (χ2v) is 6.98. The van der Waals surface area contributed by atoms with Gasteiger partial charge in [-0.2, -0.15) is 5.10 Å². The van der Waals surface area contributed by atoms with Gasteiger partial charge in [-0.3, -0.25) is 9.59 Å². The zero-order valence-corrected chi connectivity index (χ0v) is 18.5. The van der Waals surface area contributed by atoms with Crippen LogP contribution in [0.15, 0.2) is 54.9 Å². The van der Waals surface area contributed by atoms with Gasteiger partial charge in [-0.1, -0.05) is 18.2 Å². The van der Waals surface area contributed by atoms with E-state index in [1.165, 1.54) is 38.4 Å². The monoisotopic (exact) mass is 438 g/mol. The summed E-state index contributed by atoms with van der Waals surface area (Å²) in [5, 5.41) is 6.97. The molecule has 0 unspecified atom stereocenters. The van der Waals surface area contributed by atoms with Crippen LogP contribution in [0.2, 0.25) is 0 Å². The van der Waals surface area contributed by atoms with Gasteiger partial charge in [0.2, 0.25) is 11.7 Å². The number of aromatic nitrogens is 2. The molecule has 0 atom stereocenters. The van der Waals surface area contributed by atoms with Crippen LogP contribution >= 0.6 is 0 Å². The van der Waals surface area contributed by atoms with Gasteiger partial charge in [0.15, 0.2) is 11.5 Å². The Morgan fingerprint density at radius 3 is 2.28 bits per heavy atom. The van der Waals surface area contributed by atoms with Crippen molar-refractivity contribution in [3.63, 3.8) is 0 Å². The molecular weight excluding hydrogens is 412 g/mol. The van der Waals surface area contributed by atoms with Crippen LogP contribution in [-0.4, -0.2) is 61.4 Å². The number of amides is 2. The first-order valence-corrected chi connectivity index (χ1v) is 9.88. The van der Waals surface area contributed by atoms with E-state index in [-0.39, 0.29) is 12.5 Å². The molecule has 9 heteroatoms. The van der Waals surface area contributed by atoms with Crippen LogP contribution in [0.4, 0.5) is 0 Å². The minimum Gasteiger partial charge on any atom is -0.493 e. The number of benzene rings is 2. The average molecular weight is 438 g/mol. The molecule has 0 saturated carbocycles. The van der Waals surface area contributed by atoms with Crippen molar-refractivity contribution in [2.75, 3.05) is 34.9 Å². The highest BCUT2D eigenvalue weighted by molar-refractivity contribution is 5.97. The Kier molecular flexibility index (Phi) is 7.33. The summed E-state index contributed by atoms with van der Waals surface area (Å²) in [6, 6.07) is 12.8. The molecule has 0 radical (unpaired) electrons. The van der Waals surface area contributed by atoms with Gasteiger partial charge in [0.25, 0.3) is 5.91 Å². The Morgan fingerprint density at radius 2 is 1.69 bits per heavy atom. The number of hydrogen-bond acceptors (Lipinski definition) is 6. The molecule has 32 heavy (non-hydrogen) atoms. The number of methoxy groups -OCH3 is 3. The summed E-state index contributed by atoms with van der Waals surface area (Å²) < 4.78 is 17.5. The average Bonchev–Trinajstić information content (AvgIpc) is 3.30. The first kappa shape index (κ1) is 22.7. The third kappa shape index (κ3) is 5.18. The van der Waals surface area contributed by atoms with E-state index in [2.05, 4.69) is 10.4 Å². The van der Waals surface area contributed by atoms with Crippen molar-refractivity contribution in [3.05, 3.63) is 66.0 Å². The van der Waals surface area contributed by atoms with Crippen molar-refractivity contribution in [2.45, 2.75) is 6.54 Å². The van der Waals surface area contributed by atoms with Crippen molar-refractivity contribution in [1.82, 2.24) is 20.0 Å². The minimum absolute atomic E-state index is 0.154. The fraction of sp³-hybridized carbons (Fsp3) is 0.261. The lowest BCUT2D eigenvalue weighted by atomic mass is 10.1. The molecule has 1 heterocycles. The number of carbonyl (C=O) groups excluding carboxylic acids is 2. The van der Waals surface area contributed by atoms with Gasteiger partial charge >= 0.3 is 0 Å². The van der Waals surface area contributed by atoms with Crippen LogP contribution in [0.1, 0.15) is 15.9 Å². The van der Waals surface area contributed by atoms with Crippen LogP contribution in [0.25, 0.3) is 5.69 Å². The van der Waals surface area contributed by atoms with E-state index in [4.69, 9.17) is 14.2 Å². The first-order chi connectivity index (χ1) is 15.5. The highest BCUT2D eigenvalue weighted by Crippen LogP contribution is 2.38. The maximum atomic E-state index is 12.6. The number of carbonyl (C=O) groups is 2. The Balaban J connectivity index is 1.59. The SMILES string of the molecule is COc1cc(C(=O)NCC(=O)N(C)Cc2cnn(-c3ccccc3)c2)cc(OC)c1OC. The molecule has 0 aliphatic heterocycles. The Bertz CT molecular complexity index is 1060. The Morgan fingerprint density at radius 1 is 1.03 bits per heavy atom. The topological polar surface area (TPSA) is 94.9 Å². The Hall–Kier alpha value is -4.01. The quantitative estimate of drug-likeness (QED) is 0.551. The third-order valence-corrected chi connectivity index (χ3v) is 4.83. The lowest BCUT2D eigenvalue weighted by Crippen LogP contribution is -2.37. The van der Waals surface area contributed by atoms with Gasteiger partial charge in [0.1, 0.15) is 0 Å². The lowest BCUT2D eigenvalue weighted by Gasteiger charge is -2.17. The summed E-state index contributed by atoms with van der Waals surface area (Å²) in [4.78, 5) is 26.6. The van der Waals surface area contributed by atoms with Crippen molar-refractivity contribution in [2.24, 2.45) is 0 Å². The summed E-state index contributed by atoms with van der Waals surface area (Å²) in [7, 11) is 6.10. The summed E-state index contributed by atoms with van der Waals surface area (Å²) in [6.45, 7) is 0.213. The smallest absolute Gasteiger partial charge is 0.251 e. The van der Waals surface area contributed by atoms with Crippen LogP contribution < -0.4 is 19.5 Å². The molecule has 168 valence electrons. The van der Waals surface area contributed by atoms with E-state index in [0.29, 0.717) is 29.4 Å². The van der Waals surface area contributed by atoms with E-state index in [0.717, 1.165) is 11.3 Å². The van der Waals surface area contributed by atoms with E-state index >= 15 is 0 Å². The maximum absolute atomic E-state index is 12.6. The standard InChI is InChI=1S/C23H26N4O5/c1-26(14-16-12-25-27(15-16)18-8-6-5-7-9-18)21(28)13-24-23(29)17-10-19(30-2)22(32-4)20(11-17)31-3/h5-12,15H,13-14H2,1-4H3,(H,24,29). The van der Waals surface area contributed by atoms with Crippen molar-refractivity contribution >= 4 is 11.8 Å². The minimum atomic E-state index is -0.428. The normalized spacial score (nSPS) is 10.4. The molecular formula is C23H26N4O5. The number of nitrogens with zero attached hydrogens (tertiary/aromatic N) is 3. The highest BCUT2D eigenvalue weighted by atomic mass is 16.5. The number of para-hydroxylation sites is 1. The van der Waals surface area contributed by atoms with Gasteiger partial charge in [0, 0.05) is 30.9 Å². The summed E-state index contributed by atoms with van der Waals surface area (Å²) >= 11 is 0. The molecule has 9 nitrogen and oxygen atoms in total. The molecule has 0 spiro atoms. The van der Waals surface area contributed by atoms with E-state index in [9.17, 15) is 9.59 Å². The van der Waals surface area contributed by atoms with Gasteiger partial charge in [-0.05, 0) is 24.3 Å². The third-order valence-electron chi connectivity index (χ3n) is 4.83. The number of hydrogen-bond donors (Lipinski definition) is 1. The zero-order chi connectivity index (χ0) is 23.1. The largest absolute Gasteiger partial charge is 0.493 e. The fourth-order valence-electron chi connectivity index (χ4n) is 3.13. The van der Waals surface area contributed by atoms with Crippen LogP contribution in [-0.2, 0) is 11.3 Å². The molecule has 1 N–H and O–H groups in total. The summed E-state index contributed by atoms with van der Waals surface area (Å²) in [5.41, 5.74) is 2.10. The molecule has 0 aliphatic carbocycles. The van der Waals surface area contributed by atoms with Crippen molar-refractivity contribution in [1.29, 1.82) is 0 Å². The molecule has 0 aliphatic rings. The highest BCUT2D eigenvalue weighted by Gasteiger charge is 2.18. The number of rotatable bonds is 9. The van der Waals surface area contributed by atoms with Gasteiger partial charge in [-0.15, -0.1) is 0 Å². The van der Waals surface area contributed by atoms with Gasteiger partial charge in [-0.25, -0.2) is 4.68 Å². The van der Waals surface area contributed by atoms with Crippen LogP contribution in [0, 0.1) is 0 Å². The predicted molar refractivity (Wildman–Crippen MR) is 118 cm³/mol. The molecule has 0 fully saturated rings. The molecule has 0 bridgehead atoms. The number of ether oxygens (including phenoxy) is 3. The molecule has 3 aromatic rings. The molecule has 2 amide bonds. The molecule has 0 saturated heterocycles. The summed E-state index contributed by atoms with van der Waals surface area (Å²) in [6.07, 6.45) is 3.58. The van der Waals surface area contributed by atoms with Crippen LogP contribution in [0.5, 0.6) is 17.2 Å². The molecule has 3 rings (SSSR count). The maximum Gasteiger partial charge on any atom is 0.251 e. The van der Waals surface area contributed by atoms with Gasteiger partial charge < -0.3 is 24.4 Å². The molecule has 2 aromatic carbocycles. The predicted octanol–water partition coefficient (Wildman–Crippen LogP) is 2.29.